The zero-order chi connectivity index (χ0) is 8.69. The van der Waals surface area contributed by atoms with Crippen LogP contribution >= 0.6 is 0 Å². The van der Waals surface area contributed by atoms with E-state index in [-0.39, 0.29) is 12.4 Å². The summed E-state index contributed by atoms with van der Waals surface area (Å²) in [6.07, 6.45) is -0.232. The van der Waals surface area contributed by atoms with E-state index in [0.717, 1.165) is 0 Å². The average Bonchev–Trinajstić information content (AvgIpc) is 2.03. The Kier molecular flexibility index (Phi) is 6.51. The minimum absolute atomic E-state index is 0.00472. The maximum Gasteiger partial charge on any atom is 0.183 e. The summed E-state index contributed by atoms with van der Waals surface area (Å²) in [5.41, 5.74) is 0. The van der Waals surface area contributed by atoms with Crippen LogP contribution in [0, 0.1) is 0 Å². The molecule has 0 N–H and O–H groups in total. The van der Waals surface area contributed by atoms with Crippen molar-refractivity contribution in [2.45, 2.75) is 33.2 Å². The van der Waals surface area contributed by atoms with E-state index < -0.39 is 0 Å². The van der Waals surface area contributed by atoms with Gasteiger partial charge in [-0.2, -0.15) is 0 Å². The van der Waals surface area contributed by atoms with Gasteiger partial charge in [0.25, 0.3) is 0 Å². The third-order valence-electron chi connectivity index (χ3n) is 1.42. The first-order valence-electron chi connectivity index (χ1n) is 4.02. The van der Waals surface area contributed by atoms with Crippen LogP contribution in [0.15, 0.2) is 0 Å². The van der Waals surface area contributed by atoms with Gasteiger partial charge in [-0.05, 0) is 20.8 Å². The highest BCUT2D eigenvalue weighted by atomic mass is 16.7. The summed E-state index contributed by atoms with van der Waals surface area (Å²) in [5, 5.41) is 0. The zero-order valence-electron chi connectivity index (χ0n) is 7.79. The van der Waals surface area contributed by atoms with E-state index in [1.54, 1.807) is 7.11 Å². The number of hydrogen-bond donors (Lipinski definition) is 0. The fourth-order valence-corrected chi connectivity index (χ4v) is 0.759. The topological polar surface area (TPSA) is 27.7 Å². The molecule has 68 valence electrons. The molecule has 0 saturated carbocycles. The van der Waals surface area contributed by atoms with Gasteiger partial charge in [-0.15, -0.1) is 0 Å². The molecule has 0 aliphatic carbocycles. The summed E-state index contributed by atoms with van der Waals surface area (Å²) >= 11 is 0. The van der Waals surface area contributed by atoms with Crippen LogP contribution in [-0.2, 0) is 14.2 Å². The van der Waals surface area contributed by atoms with Crippen LogP contribution in [0.3, 0.4) is 0 Å². The summed E-state index contributed by atoms with van der Waals surface area (Å²) < 4.78 is 15.6. The van der Waals surface area contributed by atoms with Crippen LogP contribution in [-0.4, -0.2) is 32.7 Å². The summed E-state index contributed by atoms with van der Waals surface area (Å²) in [5.74, 6) is 0. The molecule has 0 aliphatic heterocycles. The van der Waals surface area contributed by atoms with Crippen LogP contribution < -0.4 is 0 Å². The standard InChI is InChI=1S/C8H18O3/c1-5-10-8(11-6-2)7(3)9-4/h7-8H,5-6H2,1-4H3/t7-/m0/s1. The van der Waals surface area contributed by atoms with Crippen molar-refractivity contribution >= 4 is 0 Å². The highest BCUT2D eigenvalue weighted by Crippen LogP contribution is 2.04. The van der Waals surface area contributed by atoms with Crippen LogP contribution in [0.1, 0.15) is 20.8 Å². The molecule has 11 heavy (non-hydrogen) atoms. The minimum atomic E-state index is -0.227. The van der Waals surface area contributed by atoms with E-state index in [2.05, 4.69) is 0 Å². The molecule has 0 spiro atoms. The first-order valence-corrected chi connectivity index (χ1v) is 4.02. The van der Waals surface area contributed by atoms with Gasteiger partial charge < -0.3 is 14.2 Å². The monoisotopic (exact) mass is 162 g/mol. The Balaban J connectivity index is 3.66. The van der Waals surface area contributed by atoms with Crippen molar-refractivity contribution in [3.8, 4) is 0 Å². The lowest BCUT2D eigenvalue weighted by Gasteiger charge is -2.21. The first kappa shape index (κ1) is 10.9. The second-order valence-electron chi connectivity index (χ2n) is 2.22. The predicted octanol–water partition coefficient (Wildman–Crippen LogP) is 1.42. The molecule has 1 atom stereocenters. The van der Waals surface area contributed by atoms with Gasteiger partial charge in [0.2, 0.25) is 0 Å². The average molecular weight is 162 g/mol. The Morgan fingerprint density at radius 3 is 1.82 bits per heavy atom. The molecule has 0 heterocycles. The first-order chi connectivity index (χ1) is 5.26. The van der Waals surface area contributed by atoms with Crippen molar-refractivity contribution in [3.63, 3.8) is 0 Å². The summed E-state index contributed by atoms with van der Waals surface area (Å²) in [4.78, 5) is 0. The fourth-order valence-electron chi connectivity index (χ4n) is 0.759. The lowest BCUT2D eigenvalue weighted by molar-refractivity contribution is -0.191. The molecule has 0 fully saturated rings. The molecular weight excluding hydrogens is 144 g/mol. The third kappa shape index (κ3) is 4.35. The predicted molar refractivity (Wildman–Crippen MR) is 43.5 cm³/mol. The van der Waals surface area contributed by atoms with Crippen molar-refractivity contribution in [1.29, 1.82) is 0 Å². The maximum absolute atomic E-state index is 5.29. The molecule has 0 amide bonds. The molecular formula is C8H18O3. The van der Waals surface area contributed by atoms with E-state index in [4.69, 9.17) is 14.2 Å². The van der Waals surface area contributed by atoms with E-state index in [0.29, 0.717) is 13.2 Å². The summed E-state index contributed by atoms with van der Waals surface area (Å²) in [7, 11) is 1.65. The highest BCUT2D eigenvalue weighted by molar-refractivity contribution is 4.53. The molecule has 0 aromatic carbocycles. The van der Waals surface area contributed by atoms with E-state index in [1.807, 2.05) is 20.8 Å². The Bertz CT molecular complexity index is 79.4. The molecule has 0 aromatic heterocycles. The van der Waals surface area contributed by atoms with E-state index >= 15 is 0 Å². The zero-order valence-corrected chi connectivity index (χ0v) is 7.79. The van der Waals surface area contributed by atoms with Crippen molar-refractivity contribution in [1.82, 2.24) is 0 Å². The lowest BCUT2D eigenvalue weighted by atomic mass is 10.4. The second kappa shape index (κ2) is 6.58. The number of methoxy groups -OCH3 is 1. The smallest absolute Gasteiger partial charge is 0.183 e. The molecule has 3 nitrogen and oxygen atoms in total. The second-order valence-corrected chi connectivity index (χ2v) is 2.22. The van der Waals surface area contributed by atoms with E-state index in [1.165, 1.54) is 0 Å². The highest BCUT2D eigenvalue weighted by Gasteiger charge is 2.15. The van der Waals surface area contributed by atoms with Gasteiger partial charge in [0.05, 0.1) is 0 Å². The minimum Gasteiger partial charge on any atom is -0.376 e. The molecule has 0 aliphatic rings. The Morgan fingerprint density at radius 2 is 1.55 bits per heavy atom. The Labute approximate surface area is 68.6 Å². The van der Waals surface area contributed by atoms with Crippen molar-refractivity contribution in [2.75, 3.05) is 20.3 Å². The van der Waals surface area contributed by atoms with Crippen molar-refractivity contribution in [3.05, 3.63) is 0 Å². The number of rotatable bonds is 6. The molecule has 0 rings (SSSR count). The third-order valence-corrected chi connectivity index (χ3v) is 1.42. The quantitative estimate of drug-likeness (QED) is 0.553. The number of hydrogen-bond acceptors (Lipinski definition) is 3. The van der Waals surface area contributed by atoms with Gasteiger partial charge in [0.15, 0.2) is 6.29 Å². The van der Waals surface area contributed by atoms with Gasteiger partial charge in [-0.1, -0.05) is 0 Å². The molecule has 3 heteroatoms. The van der Waals surface area contributed by atoms with Gasteiger partial charge in [-0.25, -0.2) is 0 Å². The van der Waals surface area contributed by atoms with Crippen molar-refractivity contribution in [2.24, 2.45) is 0 Å². The van der Waals surface area contributed by atoms with Crippen LogP contribution in [0.2, 0.25) is 0 Å². The molecule has 0 saturated heterocycles. The number of ether oxygens (including phenoxy) is 3. The van der Waals surface area contributed by atoms with Gasteiger partial charge in [0.1, 0.15) is 6.10 Å². The SMILES string of the molecule is CCOC(OCC)[C@H](C)OC. The molecule has 0 bridgehead atoms. The van der Waals surface area contributed by atoms with Crippen LogP contribution in [0.5, 0.6) is 0 Å². The van der Waals surface area contributed by atoms with Gasteiger partial charge >= 0.3 is 0 Å². The van der Waals surface area contributed by atoms with Crippen LogP contribution in [0.25, 0.3) is 0 Å². The largest absolute Gasteiger partial charge is 0.376 e. The molecule has 0 aromatic rings. The van der Waals surface area contributed by atoms with Crippen LogP contribution in [0.4, 0.5) is 0 Å². The van der Waals surface area contributed by atoms with Crippen molar-refractivity contribution < 1.29 is 14.2 Å². The lowest BCUT2D eigenvalue weighted by Crippen LogP contribution is -2.31. The Morgan fingerprint density at radius 1 is 1.09 bits per heavy atom. The van der Waals surface area contributed by atoms with Gasteiger partial charge in [0, 0.05) is 20.3 Å². The normalized spacial score (nSPS) is 13.9. The van der Waals surface area contributed by atoms with E-state index in [9.17, 15) is 0 Å². The maximum atomic E-state index is 5.29. The molecule has 0 radical (unpaired) electrons. The Hall–Kier alpha value is -0.120. The fraction of sp³-hybridized carbons (Fsp3) is 1.00. The molecule has 0 unspecified atom stereocenters. The summed E-state index contributed by atoms with van der Waals surface area (Å²) in [6, 6.07) is 0. The van der Waals surface area contributed by atoms with Gasteiger partial charge in [-0.3, -0.25) is 0 Å². The summed E-state index contributed by atoms with van der Waals surface area (Å²) in [6.45, 7) is 7.11.